The Kier molecular flexibility index (Phi) is 4.36. The number of alkyl halides is 3. The largest absolute Gasteiger partial charge is 0.416 e. The zero-order valence-corrected chi connectivity index (χ0v) is 10.3. The molecular weight excluding hydrogens is 241 g/mol. The highest BCUT2D eigenvalue weighted by molar-refractivity contribution is 5.25. The van der Waals surface area contributed by atoms with Crippen molar-refractivity contribution in [2.45, 2.75) is 26.6 Å². The molecule has 1 aromatic rings. The summed E-state index contributed by atoms with van der Waals surface area (Å²) < 4.78 is 37.4. The van der Waals surface area contributed by atoms with Gasteiger partial charge in [-0.25, -0.2) is 0 Å². The summed E-state index contributed by atoms with van der Waals surface area (Å²) >= 11 is 0. The number of nitriles is 1. The van der Waals surface area contributed by atoms with Gasteiger partial charge in [-0.2, -0.15) is 18.4 Å². The number of rotatable bonds is 4. The fourth-order valence-electron chi connectivity index (χ4n) is 1.42. The molecule has 0 atom stereocenters. The maximum absolute atomic E-state index is 12.5. The Bertz CT molecular complexity index is 444. The normalized spacial score (nSPS) is 12.2. The van der Waals surface area contributed by atoms with E-state index in [9.17, 15) is 13.2 Å². The SMILES string of the molecule is CC(C)(C#N)CNCc1cccc(C(F)(F)F)c1. The molecule has 0 aliphatic carbocycles. The van der Waals surface area contributed by atoms with E-state index < -0.39 is 17.2 Å². The van der Waals surface area contributed by atoms with Crippen molar-refractivity contribution in [2.75, 3.05) is 6.54 Å². The van der Waals surface area contributed by atoms with Gasteiger partial charge in [0.25, 0.3) is 0 Å². The first-order valence-electron chi connectivity index (χ1n) is 5.53. The minimum Gasteiger partial charge on any atom is -0.311 e. The van der Waals surface area contributed by atoms with Crippen LogP contribution in [0.3, 0.4) is 0 Å². The van der Waals surface area contributed by atoms with Gasteiger partial charge < -0.3 is 5.32 Å². The van der Waals surface area contributed by atoms with E-state index in [0.29, 0.717) is 18.7 Å². The Labute approximate surface area is 104 Å². The molecule has 18 heavy (non-hydrogen) atoms. The second-order valence-corrected chi connectivity index (χ2v) is 4.80. The van der Waals surface area contributed by atoms with E-state index in [1.165, 1.54) is 6.07 Å². The van der Waals surface area contributed by atoms with Crippen LogP contribution in [0.4, 0.5) is 13.2 Å². The van der Waals surface area contributed by atoms with Crippen molar-refractivity contribution in [1.82, 2.24) is 5.32 Å². The monoisotopic (exact) mass is 256 g/mol. The number of nitrogens with one attached hydrogen (secondary N) is 1. The van der Waals surface area contributed by atoms with Crippen molar-refractivity contribution >= 4 is 0 Å². The van der Waals surface area contributed by atoms with E-state index in [4.69, 9.17) is 5.26 Å². The Balaban J connectivity index is 2.62. The van der Waals surface area contributed by atoms with Crippen LogP contribution in [0.2, 0.25) is 0 Å². The molecule has 1 aromatic carbocycles. The number of benzene rings is 1. The summed E-state index contributed by atoms with van der Waals surface area (Å²) in [6, 6.07) is 7.29. The number of halogens is 3. The van der Waals surface area contributed by atoms with Crippen molar-refractivity contribution in [2.24, 2.45) is 5.41 Å². The van der Waals surface area contributed by atoms with E-state index >= 15 is 0 Å². The summed E-state index contributed by atoms with van der Waals surface area (Å²) in [7, 11) is 0. The highest BCUT2D eigenvalue weighted by Crippen LogP contribution is 2.29. The van der Waals surface area contributed by atoms with Crippen LogP contribution in [0, 0.1) is 16.7 Å². The fraction of sp³-hybridized carbons (Fsp3) is 0.462. The predicted molar refractivity (Wildman–Crippen MR) is 62.5 cm³/mol. The number of hydrogen-bond donors (Lipinski definition) is 1. The molecular formula is C13H15F3N2. The average molecular weight is 256 g/mol. The van der Waals surface area contributed by atoms with Crippen LogP contribution >= 0.6 is 0 Å². The van der Waals surface area contributed by atoms with Gasteiger partial charge in [0.2, 0.25) is 0 Å². The highest BCUT2D eigenvalue weighted by atomic mass is 19.4. The molecule has 0 aliphatic rings. The molecule has 0 amide bonds. The minimum absolute atomic E-state index is 0.315. The minimum atomic E-state index is -4.32. The molecule has 5 heteroatoms. The molecule has 0 saturated heterocycles. The van der Waals surface area contributed by atoms with E-state index in [-0.39, 0.29) is 0 Å². The lowest BCUT2D eigenvalue weighted by Gasteiger charge is -2.16. The smallest absolute Gasteiger partial charge is 0.311 e. The van der Waals surface area contributed by atoms with E-state index in [1.807, 2.05) is 0 Å². The topological polar surface area (TPSA) is 35.8 Å². The molecule has 1 N–H and O–H groups in total. The summed E-state index contributed by atoms with van der Waals surface area (Å²) in [4.78, 5) is 0. The van der Waals surface area contributed by atoms with Crippen LogP contribution in [0.5, 0.6) is 0 Å². The molecule has 0 spiro atoms. The summed E-state index contributed by atoms with van der Waals surface area (Å²) in [6.07, 6.45) is -4.32. The third-order valence-electron chi connectivity index (χ3n) is 2.45. The number of hydrogen-bond acceptors (Lipinski definition) is 2. The van der Waals surface area contributed by atoms with Gasteiger partial charge in [-0.05, 0) is 25.5 Å². The Hall–Kier alpha value is -1.54. The van der Waals surface area contributed by atoms with Crippen LogP contribution in [0.1, 0.15) is 25.0 Å². The number of nitrogens with zero attached hydrogens (tertiary/aromatic N) is 1. The maximum atomic E-state index is 12.5. The third kappa shape index (κ3) is 4.38. The van der Waals surface area contributed by atoms with E-state index in [1.54, 1.807) is 19.9 Å². The highest BCUT2D eigenvalue weighted by Gasteiger charge is 2.30. The first-order chi connectivity index (χ1) is 8.24. The van der Waals surface area contributed by atoms with Crippen molar-refractivity contribution in [3.05, 3.63) is 35.4 Å². The van der Waals surface area contributed by atoms with Crippen molar-refractivity contribution in [3.8, 4) is 6.07 Å². The van der Waals surface area contributed by atoms with Crippen molar-refractivity contribution in [1.29, 1.82) is 5.26 Å². The molecule has 1 rings (SSSR count). The van der Waals surface area contributed by atoms with Gasteiger partial charge in [-0.15, -0.1) is 0 Å². The second kappa shape index (κ2) is 5.40. The summed E-state index contributed by atoms with van der Waals surface area (Å²) in [5.41, 5.74) is -0.623. The molecule has 98 valence electrons. The zero-order chi connectivity index (χ0) is 13.8. The van der Waals surface area contributed by atoms with Gasteiger partial charge in [0, 0.05) is 13.1 Å². The molecule has 0 unspecified atom stereocenters. The van der Waals surface area contributed by atoms with Gasteiger partial charge in [-0.1, -0.05) is 18.2 Å². The molecule has 0 saturated carbocycles. The van der Waals surface area contributed by atoms with Gasteiger partial charge >= 0.3 is 6.18 Å². The lowest BCUT2D eigenvalue weighted by molar-refractivity contribution is -0.137. The zero-order valence-electron chi connectivity index (χ0n) is 10.3. The lowest BCUT2D eigenvalue weighted by atomic mass is 9.96. The van der Waals surface area contributed by atoms with Gasteiger partial charge in [0.15, 0.2) is 0 Å². The van der Waals surface area contributed by atoms with E-state index in [0.717, 1.165) is 12.1 Å². The molecule has 0 aliphatic heterocycles. The average Bonchev–Trinajstić information content (AvgIpc) is 2.28. The van der Waals surface area contributed by atoms with Crippen molar-refractivity contribution in [3.63, 3.8) is 0 Å². The van der Waals surface area contributed by atoms with Crippen LogP contribution in [0.15, 0.2) is 24.3 Å². The lowest BCUT2D eigenvalue weighted by Crippen LogP contribution is -2.27. The molecule has 2 nitrogen and oxygen atoms in total. The summed E-state index contributed by atoms with van der Waals surface area (Å²) in [5.74, 6) is 0. The standard InChI is InChI=1S/C13H15F3N2/c1-12(2,8-17)9-18-7-10-4-3-5-11(6-10)13(14,15)16/h3-6,18H,7,9H2,1-2H3. The fourth-order valence-corrected chi connectivity index (χ4v) is 1.42. The van der Waals surface area contributed by atoms with Gasteiger partial charge in [0.05, 0.1) is 17.0 Å². The van der Waals surface area contributed by atoms with Crippen LogP contribution < -0.4 is 5.32 Å². The summed E-state index contributed by atoms with van der Waals surface area (Å²) in [5, 5.41) is 11.8. The van der Waals surface area contributed by atoms with Crippen LogP contribution in [0.25, 0.3) is 0 Å². The van der Waals surface area contributed by atoms with E-state index in [2.05, 4.69) is 11.4 Å². The van der Waals surface area contributed by atoms with Crippen molar-refractivity contribution < 1.29 is 13.2 Å². The first-order valence-corrected chi connectivity index (χ1v) is 5.53. The summed E-state index contributed by atoms with van der Waals surface area (Å²) in [6.45, 7) is 4.28. The second-order valence-electron chi connectivity index (χ2n) is 4.80. The Morgan fingerprint density at radius 2 is 1.94 bits per heavy atom. The quantitative estimate of drug-likeness (QED) is 0.896. The molecule has 0 aromatic heterocycles. The maximum Gasteiger partial charge on any atom is 0.416 e. The van der Waals surface area contributed by atoms with Gasteiger partial charge in [0.1, 0.15) is 0 Å². The third-order valence-corrected chi connectivity index (χ3v) is 2.45. The van der Waals surface area contributed by atoms with Crippen LogP contribution in [-0.4, -0.2) is 6.54 Å². The molecule has 0 bridgehead atoms. The molecule has 0 fully saturated rings. The Morgan fingerprint density at radius 1 is 1.28 bits per heavy atom. The predicted octanol–water partition coefficient (Wildman–Crippen LogP) is 3.34. The molecule has 0 heterocycles. The van der Waals surface area contributed by atoms with Gasteiger partial charge in [-0.3, -0.25) is 0 Å². The first kappa shape index (κ1) is 14.5. The molecule has 0 radical (unpaired) electrons. The Morgan fingerprint density at radius 3 is 2.50 bits per heavy atom. The van der Waals surface area contributed by atoms with Crippen LogP contribution in [-0.2, 0) is 12.7 Å².